The lowest BCUT2D eigenvalue weighted by molar-refractivity contribution is 0.0668. The van der Waals surface area contributed by atoms with E-state index in [1.165, 1.54) is 12.0 Å². The topological polar surface area (TPSA) is 36.4 Å². The average molecular weight is 280 g/mol. The quantitative estimate of drug-likeness (QED) is 0.895. The third kappa shape index (κ3) is 8.28. The second kappa shape index (κ2) is 11.9. The molecule has 1 aliphatic rings. The molecule has 2 rings (SSSR count). The lowest BCUT2D eigenvalue weighted by Crippen LogP contribution is -2.37. The smallest absolute Gasteiger partial charge is 0.0667 e. The fourth-order valence-electron chi connectivity index (χ4n) is 2.02. The van der Waals surface area contributed by atoms with E-state index in [2.05, 4.69) is 29.8 Å². The molecular weight excluding hydrogens is 248 g/mol. The highest BCUT2D eigenvalue weighted by atomic mass is 16.3. The molecule has 1 aromatic rings. The van der Waals surface area contributed by atoms with Gasteiger partial charge < -0.3 is 5.11 Å². The van der Waals surface area contributed by atoms with Crippen molar-refractivity contribution in [3.05, 3.63) is 29.6 Å². The normalized spacial score (nSPS) is 18.4. The molecule has 116 valence electrons. The Morgan fingerprint density at radius 2 is 1.95 bits per heavy atom. The van der Waals surface area contributed by atoms with Crippen molar-refractivity contribution in [2.24, 2.45) is 0 Å². The summed E-state index contributed by atoms with van der Waals surface area (Å²) in [7, 11) is 0. The second-order valence-electron chi connectivity index (χ2n) is 5.05. The van der Waals surface area contributed by atoms with Gasteiger partial charge in [0.25, 0.3) is 0 Å². The zero-order chi connectivity index (χ0) is 15.4. The predicted molar refractivity (Wildman–Crippen MR) is 86.8 cm³/mol. The van der Waals surface area contributed by atoms with E-state index >= 15 is 0 Å². The monoisotopic (exact) mass is 280 g/mol. The molecular formula is C17H32N2O. The van der Waals surface area contributed by atoms with Gasteiger partial charge in [0, 0.05) is 25.0 Å². The van der Waals surface area contributed by atoms with Crippen molar-refractivity contribution < 1.29 is 5.11 Å². The summed E-state index contributed by atoms with van der Waals surface area (Å²) in [6.45, 7) is 13.0. The summed E-state index contributed by atoms with van der Waals surface area (Å²) in [6.07, 6.45) is 5.08. The van der Waals surface area contributed by atoms with Gasteiger partial charge in [0.15, 0.2) is 0 Å². The summed E-state index contributed by atoms with van der Waals surface area (Å²) in [5, 5.41) is 9.54. The Hall–Kier alpha value is -0.930. The molecule has 1 aliphatic heterocycles. The molecule has 0 aromatic carbocycles. The van der Waals surface area contributed by atoms with Gasteiger partial charge >= 0.3 is 0 Å². The predicted octanol–water partition coefficient (Wildman–Crippen LogP) is 3.79. The summed E-state index contributed by atoms with van der Waals surface area (Å²) in [6, 6.07) is 4.15. The summed E-state index contributed by atoms with van der Waals surface area (Å²) < 4.78 is 0. The SMILES string of the molecule is CC.CCC.Cc1ccc(CN2CCCC(O)C2)cn1. The van der Waals surface area contributed by atoms with E-state index < -0.39 is 0 Å². The number of rotatable bonds is 2. The number of hydrogen-bond donors (Lipinski definition) is 1. The molecule has 20 heavy (non-hydrogen) atoms. The molecule has 1 saturated heterocycles. The van der Waals surface area contributed by atoms with Crippen LogP contribution in [0.4, 0.5) is 0 Å². The molecule has 1 unspecified atom stereocenters. The maximum Gasteiger partial charge on any atom is 0.0667 e. The van der Waals surface area contributed by atoms with E-state index in [9.17, 15) is 5.11 Å². The van der Waals surface area contributed by atoms with Crippen LogP contribution in [0.15, 0.2) is 18.3 Å². The molecule has 0 bridgehead atoms. The molecule has 1 N–H and O–H groups in total. The van der Waals surface area contributed by atoms with E-state index in [1.54, 1.807) is 0 Å². The molecule has 0 saturated carbocycles. The van der Waals surface area contributed by atoms with Gasteiger partial charge in [-0.2, -0.15) is 0 Å². The first-order valence-corrected chi connectivity index (χ1v) is 7.97. The van der Waals surface area contributed by atoms with E-state index in [4.69, 9.17) is 0 Å². The third-order valence-corrected chi connectivity index (χ3v) is 2.86. The van der Waals surface area contributed by atoms with Gasteiger partial charge in [-0.3, -0.25) is 9.88 Å². The summed E-state index contributed by atoms with van der Waals surface area (Å²) in [5.41, 5.74) is 2.28. The van der Waals surface area contributed by atoms with Crippen molar-refractivity contribution in [1.82, 2.24) is 9.88 Å². The Kier molecular flexibility index (Phi) is 11.3. The Morgan fingerprint density at radius 1 is 1.30 bits per heavy atom. The van der Waals surface area contributed by atoms with Gasteiger partial charge in [0.2, 0.25) is 0 Å². The van der Waals surface area contributed by atoms with Crippen molar-refractivity contribution in [3.8, 4) is 0 Å². The van der Waals surface area contributed by atoms with Crippen LogP contribution < -0.4 is 0 Å². The molecule has 0 aliphatic carbocycles. The highest BCUT2D eigenvalue weighted by Gasteiger charge is 2.17. The van der Waals surface area contributed by atoms with Crippen LogP contribution >= 0.6 is 0 Å². The Bertz CT molecular complexity index is 324. The lowest BCUT2D eigenvalue weighted by Gasteiger charge is -2.29. The number of pyridine rings is 1. The first kappa shape index (κ1) is 19.1. The van der Waals surface area contributed by atoms with Gasteiger partial charge in [-0.25, -0.2) is 0 Å². The van der Waals surface area contributed by atoms with Crippen molar-refractivity contribution >= 4 is 0 Å². The third-order valence-electron chi connectivity index (χ3n) is 2.86. The maximum atomic E-state index is 9.54. The van der Waals surface area contributed by atoms with Crippen LogP contribution in [-0.4, -0.2) is 34.2 Å². The van der Waals surface area contributed by atoms with Crippen LogP contribution in [0.3, 0.4) is 0 Å². The molecule has 0 radical (unpaired) electrons. The first-order chi connectivity index (χ1) is 9.65. The molecule has 1 aromatic heterocycles. The Morgan fingerprint density at radius 3 is 2.45 bits per heavy atom. The van der Waals surface area contributed by atoms with Crippen LogP contribution in [0.1, 0.15) is 58.2 Å². The standard InChI is InChI=1S/C12H18N2O.C3H8.C2H6/c1-10-4-5-11(7-13-10)8-14-6-2-3-12(15)9-14;1-3-2;1-2/h4-5,7,12,15H,2-3,6,8-9H2,1H3;3H2,1-2H3;1-2H3. The zero-order valence-corrected chi connectivity index (χ0v) is 13.9. The summed E-state index contributed by atoms with van der Waals surface area (Å²) in [5.74, 6) is 0. The number of aromatic nitrogens is 1. The van der Waals surface area contributed by atoms with Gasteiger partial charge in [-0.15, -0.1) is 0 Å². The number of nitrogens with zero attached hydrogens (tertiary/aromatic N) is 2. The highest BCUT2D eigenvalue weighted by molar-refractivity contribution is 5.13. The average Bonchev–Trinajstić information content (AvgIpc) is 2.45. The number of aliphatic hydroxyl groups excluding tert-OH is 1. The maximum absolute atomic E-state index is 9.54. The Labute approximate surface area is 125 Å². The largest absolute Gasteiger partial charge is 0.392 e. The van der Waals surface area contributed by atoms with Gasteiger partial charge in [-0.1, -0.05) is 40.2 Å². The van der Waals surface area contributed by atoms with Crippen LogP contribution in [0, 0.1) is 6.92 Å². The van der Waals surface area contributed by atoms with Crippen molar-refractivity contribution in [3.63, 3.8) is 0 Å². The lowest BCUT2D eigenvalue weighted by atomic mass is 10.1. The molecule has 1 atom stereocenters. The van der Waals surface area contributed by atoms with E-state index in [0.29, 0.717) is 0 Å². The van der Waals surface area contributed by atoms with E-state index in [1.807, 2.05) is 33.0 Å². The minimum atomic E-state index is -0.142. The van der Waals surface area contributed by atoms with E-state index in [0.717, 1.165) is 38.2 Å². The second-order valence-corrected chi connectivity index (χ2v) is 5.05. The van der Waals surface area contributed by atoms with Crippen molar-refractivity contribution in [2.75, 3.05) is 13.1 Å². The Balaban J connectivity index is 0.000000641. The summed E-state index contributed by atoms with van der Waals surface area (Å²) >= 11 is 0. The first-order valence-electron chi connectivity index (χ1n) is 7.97. The van der Waals surface area contributed by atoms with Crippen LogP contribution in [0.25, 0.3) is 0 Å². The van der Waals surface area contributed by atoms with Gasteiger partial charge in [-0.05, 0) is 37.9 Å². The minimum Gasteiger partial charge on any atom is -0.392 e. The van der Waals surface area contributed by atoms with Gasteiger partial charge in [0.1, 0.15) is 0 Å². The molecule has 0 amide bonds. The highest BCUT2D eigenvalue weighted by Crippen LogP contribution is 2.13. The number of aliphatic hydroxyl groups is 1. The number of piperidine rings is 1. The van der Waals surface area contributed by atoms with Crippen LogP contribution in [0.5, 0.6) is 0 Å². The number of β-amino-alcohol motifs (C(OH)–C–C–N with tert-alkyl or cyclic N) is 1. The van der Waals surface area contributed by atoms with Crippen LogP contribution in [0.2, 0.25) is 0 Å². The molecule has 3 nitrogen and oxygen atoms in total. The zero-order valence-electron chi connectivity index (χ0n) is 13.9. The molecule has 2 heterocycles. The fourth-order valence-corrected chi connectivity index (χ4v) is 2.02. The van der Waals surface area contributed by atoms with E-state index in [-0.39, 0.29) is 6.10 Å². The molecule has 1 fully saturated rings. The molecule has 3 heteroatoms. The number of aryl methyl sites for hydroxylation is 1. The van der Waals surface area contributed by atoms with Crippen molar-refractivity contribution in [1.29, 1.82) is 0 Å². The fraction of sp³-hybridized carbons (Fsp3) is 0.706. The summed E-state index contributed by atoms with van der Waals surface area (Å²) in [4.78, 5) is 6.57. The molecule has 0 spiro atoms. The number of hydrogen-bond acceptors (Lipinski definition) is 3. The van der Waals surface area contributed by atoms with Crippen LogP contribution in [-0.2, 0) is 6.54 Å². The minimum absolute atomic E-state index is 0.142. The van der Waals surface area contributed by atoms with Gasteiger partial charge in [0.05, 0.1) is 6.10 Å². The van der Waals surface area contributed by atoms with Crippen molar-refractivity contribution in [2.45, 2.75) is 66.5 Å². The number of likely N-dealkylation sites (tertiary alicyclic amines) is 1.